The highest BCUT2D eigenvalue weighted by Crippen LogP contribution is 2.24. The van der Waals surface area contributed by atoms with Gasteiger partial charge in [0.05, 0.1) is 25.0 Å². The number of hydrogen-bond donors (Lipinski definition) is 0. The lowest BCUT2D eigenvalue weighted by atomic mass is 9.96. The van der Waals surface area contributed by atoms with Crippen molar-refractivity contribution in [3.05, 3.63) is 70.8 Å². The van der Waals surface area contributed by atoms with Crippen molar-refractivity contribution in [3.8, 4) is 0 Å². The van der Waals surface area contributed by atoms with E-state index in [1.165, 1.54) is 0 Å². The Bertz CT molecular complexity index is 1130. The van der Waals surface area contributed by atoms with Crippen LogP contribution in [0.5, 0.6) is 0 Å². The van der Waals surface area contributed by atoms with E-state index in [1.807, 2.05) is 62.4 Å². The molecule has 254 valence electrons. The first-order chi connectivity index (χ1) is 21.9. The van der Waals surface area contributed by atoms with Crippen molar-refractivity contribution < 1.29 is 38.1 Å². The summed E-state index contributed by atoms with van der Waals surface area (Å²) < 4.78 is 22.2. The summed E-state index contributed by atoms with van der Waals surface area (Å²) in [4.78, 5) is 53.7. The third-order valence-electron chi connectivity index (χ3n) is 7.66. The zero-order valence-corrected chi connectivity index (χ0v) is 29.0. The molecule has 2 rings (SSSR count). The quantitative estimate of drug-likeness (QED) is 0.0885. The van der Waals surface area contributed by atoms with E-state index in [9.17, 15) is 19.2 Å². The smallest absolute Gasteiger partial charge is 0.352 e. The van der Waals surface area contributed by atoms with E-state index >= 15 is 0 Å². The Labute approximate surface area is 275 Å². The number of ether oxygens (including phenoxy) is 4. The highest BCUT2D eigenvalue weighted by Gasteiger charge is 2.44. The van der Waals surface area contributed by atoms with Crippen molar-refractivity contribution >= 4 is 23.9 Å². The van der Waals surface area contributed by atoms with E-state index in [-0.39, 0.29) is 13.2 Å². The molecule has 2 aromatic carbocycles. The van der Waals surface area contributed by atoms with E-state index in [0.717, 1.165) is 36.8 Å². The van der Waals surface area contributed by atoms with Gasteiger partial charge in [0.1, 0.15) is 0 Å². The number of benzene rings is 2. The predicted octanol–water partition coefficient (Wildman–Crippen LogP) is 7.50. The average Bonchev–Trinajstić information content (AvgIpc) is 3.02. The molecule has 0 N–H and O–H groups in total. The largest absolute Gasteiger partial charge is 0.463 e. The molecular weight excluding hydrogens is 584 g/mol. The minimum Gasteiger partial charge on any atom is -0.463 e. The molecule has 4 atom stereocenters. The van der Waals surface area contributed by atoms with Crippen LogP contribution in [0.4, 0.5) is 0 Å². The number of carbonyl (C=O) groups excluding carboxylic acids is 4. The maximum absolute atomic E-state index is 13.5. The molecule has 0 aromatic heterocycles. The second-order valence-corrected chi connectivity index (χ2v) is 12.9. The van der Waals surface area contributed by atoms with Crippen molar-refractivity contribution in [2.45, 2.75) is 118 Å². The van der Waals surface area contributed by atoms with Crippen LogP contribution < -0.4 is 0 Å². The standard InChI is InChI=1S/C38H54O8/c1-9-11-21-43-37(41)33(45-35(39)27(7)31-17-13-29(14-18-31)23-25(3)4)34(38(42)44-22-12-10-2)46-36(40)28(8)32-19-15-30(16-20-32)24-26(5)6/h13-20,25-28,33-34H,9-12,21-24H2,1-8H3. The highest BCUT2D eigenvalue weighted by atomic mass is 16.6. The van der Waals surface area contributed by atoms with E-state index in [4.69, 9.17) is 18.9 Å². The molecule has 0 aliphatic heterocycles. The number of hydrogen-bond acceptors (Lipinski definition) is 8. The lowest BCUT2D eigenvalue weighted by Crippen LogP contribution is -2.48. The molecule has 0 spiro atoms. The van der Waals surface area contributed by atoms with Crippen LogP contribution >= 0.6 is 0 Å². The zero-order chi connectivity index (χ0) is 34.2. The summed E-state index contributed by atoms with van der Waals surface area (Å²) in [5.41, 5.74) is 3.65. The fourth-order valence-corrected chi connectivity index (χ4v) is 4.82. The van der Waals surface area contributed by atoms with E-state index in [0.29, 0.717) is 35.8 Å². The van der Waals surface area contributed by atoms with Gasteiger partial charge in [-0.2, -0.15) is 0 Å². The monoisotopic (exact) mass is 638 g/mol. The van der Waals surface area contributed by atoms with Crippen molar-refractivity contribution in [2.75, 3.05) is 13.2 Å². The topological polar surface area (TPSA) is 105 Å². The maximum Gasteiger partial charge on any atom is 0.352 e. The van der Waals surface area contributed by atoms with Crippen LogP contribution in [-0.2, 0) is 51.0 Å². The SMILES string of the molecule is CCCCOC(=O)C(OC(=O)C(C)c1ccc(CC(C)C)cc1)C(OC(=O)C(C)c1ccc(CC(C)C)cc1)C(=O)OCCCC. The normalized spacial score (nSPS) is 13.9. The van der Waals surface area contributed by atoms with Gasteiger partial charge in [0.25, 0.3) is 0 Å². The van der Waals surface area contributed by atoms with Crippen LogP contribution in [0.2, 0.25) is 0 Å². The van der Waals surface area contributed by atoms with Gasteiger partial charge in [-0.15, -0.1) is 0 Å². The number of rotatable bonds is 19. The van der Waals surface area contributed by atoms with Crippen LogP contribution in [0.1, 0.15) is 115 Å². The molecule has 0 aliphatic rings. The second kappa shape index (κ2) is 19.7. The fourth-order valence-electron chi connectivity index (χ4n) is 4.82. The van der Waals surface area contributed by atoms with Crippen molar-refractivity contribution in [3.63, 3.8) is 0 Å². The number of carbonyl (C=O) groups is 4. The van der Waals surface area contributed by atoms with Gasteiger partial charge in [0.2, 0.25) is 12.2 Å². The minimum absolute atomic E-state index is 0.0565. The van der Waals surface area contributed by atoms with Gasteiger partial charge in [0, 0.05) is 0 Å². The molecule has 0 aliphatic carbocycles. The van der Waals surface area contributed by atoms with Gasteiger partial charge in [-0.1, -0.05) is 103 Å². The second-order valence-electron chi connectivity index (χ2n) is 12.9. The molecule has 2 aromatic rings. The van der Waals surface area contributed by atoms with Crippen LogP contribution in [0.15, 0.2) is 48.5 Å². The molecule has 0 radical (unpaired) electrons. The van der Waals surface area contributed by atoms with E-state index in [1.54, 1.807) is 13.8 Å². The Morgan fingerprint density at radius 2 is 0.848 bits per heavy atom. The molecule has 0 saturated carbocycles. The summed E-state index contributed by atoms with van der Waals surface area (Å²) in [6.07, 6.45) is 0.772. The Hall–Kier alpha value is -3.68. The molecule has 0 fully saturated rings. The van der Waals surface area contributed by atoms with Crippen molar-refractivity contribution in [1.82, 2.24) is 0 Å². The molecule has 0 saturated heterocycles. The molecule has 4 unspecified atom stereocenters. The molecule has 0 bridgehead atoms. The zero-order valence-electron chi connectivity index (χ0n) is 29.0. The molecule has 8 nitrogen and oxygen atoms in total. The summed E-state index contributed by atoms with van der Waals surface area (Å²) in [7, 11) is 0. The average molecular weight is 639 g/mol. The van der Waals surface area contributed by atoms with Crippen molar-refractivity contribution in [2.24, 2.45) is 11.8 Å². The summed E-state index contributed by atoms with van der Waals surface area (Å²) >= 11 is 0. The molecule has 0 heterocycles. The minimum atomic E-state index is -1.84. The van der Waals surface area contributed by atoms with Crippen LogP contribution in [0.3, 0.4) is 0 Å². The first-order valence-electron chi connectivity index (χ1n) is 16.8. The molecule has 8 heteroatoms. The van der Waals surface area contributed by atoms with Gasteiger partial charge in [-0.25, -0.2) is 9.59 Å². The summed E-state index contributed by atoms with van der Waals surface area (Å²) in [6, 6.07) is 15.2. The third-order valence-corrected chi connectivity index (χ3v) is 7.66. The summed E-state index contributed by atoms with van der Waals surface area (Å²) in [5, 5.41) is 0. The molecule has 0 amide bonds. The Morgan fingerprint density at radius 1 is 0.522 bits per heavy atom. The molecular formula is C38H54O8. The fraction of sp³-hybridized carbons (Fsp3) is 0.579. The number of esters is 4. The number of unbranched alkanes of at least 4 members (excludes halogenated alkanes) is 2. The maximum atomic E-state index is 13.5. The first-order valence-corrected chi connectivity index (χ1v) is 16.8. The van der Waals surface area contributed by atoms with Crippen LogP contribution in [0.25, 0.3) is 0 Å². The predicted molar refractivity (Wildman–Crippen MR) is 178 cm³/mol. The summed E-state index contributed by atoms with van der Waals surface area (Å²) in [6.45, 7) is 15.8. The van der Waals surface area contributed by atoms with Crippen LogP contribution in [-0.4, -0.2) is 49.3 Å². The van der Waals surface area contributed by atoms with Gasteiger partial charge >= 0.3 is 23.9 Å². The Morgan fingerprint density at radius 3 is 1.13 bits per heavy atom. The highest BCUT2D eigenvalue weighted by molar-refractivity contribution is 5.91. The van der Waals surface area contributed by atoms with Gasteiger partial charge in [-0.05, 0) is 73.6 Å². The van der Waals surface area contributed by atoms with Crippen LogP contribution in [0, 0.1) is 11.8 Å². The first kappa shape index (κ1) is 38.5. The van der Waals surface area contributed by atoms with E-state index < -0.39 is 47.9 Å². The Kier molecular flexibility index (Phi) is 16.5. The Balaban J connectivity index is 2.37. The molecule has 46 heavy (non-hydrogen) atoms. The van der Waals surface area contributed by atoms with Gasteiger partial charge in [0.15, 0.2) is 0 Å². The van der Waals surface area contributed by atoms with Crippen molar-refractivity contribution in [1.29, 1.82) is 0 Å². The summed E-state index contributed by atoms with van der Waals surface area (Å²) in [5.74, 6) is -4.04. The van der Waals surface area contributed by atoms with E-state index in [2.05, 4.69) is 27.7 Å². The lowest BCUT2D eigenvalue weighted by Gasteiger charge is -2.26. The third kappa shape index (κ3) is 12.6. The lowest BCUT2D eigenvalue weighted by molar-refractivity contribution is -0.192. The van der Waals surface area contributed by atoms with Gasteiger partial charge in [-0.3, -0.25) is 9.59 Å². The van der Waals surface area contributed by atoms with Gasteiger partial charge < -0.3 is 18.9 Å².